The summed E-state index contributed by atoms with van der Waals surface area (Å²) in [5.74, 6) is -2.73. The molecule has 0 amide bonds. The predicted molar refractivity (Wildman–Crippen MR) is 121 cm³/mol. The topological polar surface area (TPSA) is 88.9 Å². The highest BCUT2D eigenvalue weighted by molar-refractivity contribution is 7.92. The first-order valence-electron chi connectivity index (χ1n) is 10.2. The van der Waals surface area contributed by atoms with E-state index in [1.165, 1.54) is 0 Å². The molecule has 0 spiro atoms. The van der Waals surface area contributed by atoms with Crippen LogP contribution in [0.15, 0.2) is 47.7 Å². The van der Waals surface area contributed by atoms with E-state index in [0.717, 1.165) is 28.3 Å². The highest BCUT2D eigenvalue weighted by atomic mass is 32.2. The molecule has 2 N–H and O–H groups in total. The summed E-state index contributed by atoms with van der Waals surface area (Å²) in [6.07, 6.45) is 5.98. The van der Waals surface area contributed by atoms with Crippen molar-refractivity contribution in [3.8, 4) is 11.1 Å². The number of aromatic nitrogens is 3. The van der Waals surface area contributed by atoms with E-state index in [2.05, 4.69) is 9.71 Å². The lowest BCUT2D eigenvalue weighted by Gasteiger charge is -2.35. The zero-order valence-corrected chi connectivity index (χ0v) is 18.3. The molecule has 3 heterocycles. The number of sulfonamides is 1. The first kappa shape index (κ1) is 20.7. The highest BCUT2D eigenvalue weighted by Gasteiger charge is 2.45. The Morgan fingerprint density at radius 2 is 1.97 bits per heavy atom. The van der Waals surface area contributed by atoms with Crippen molar-refractivity contribution in [2.45, 2.75) is 25.3 Å². The Morgan fingerprint density at radius 1 is 1.22 bits per heavy atom. The van der Waals surface area contributed by atoms with Gasteiger partial charge < -0.3 is 14.1 Å². The number of H-pyrrole nitrogens is 1. The SMILES string of the molecule is Cn1cc(-c2cc(NS(C)(=O)=O)c3ccn(CC4CC(F)(F)C4)c3c2)c2cc[nH]c(=O)c21. The van der Waals surface area contributed by atoms with Gasteiger partial charge in [-0.1, -0.05) is 0 Å². The number of benzene rings is 1. The second kappa shape index (κ2) is 6.93. The molecule has 4 aromatic rings. The van der Waals surface area contributed by atoms with Gasteiger partial charge in [-0.05, 0) is 35.7 Å². The molecule has 1 aliphatic carbocycles. The molecule has 1 fully saturated rings. The Morgan fingerprint density at radius 3 is 2.66 bits per heavy atom. The first-order chi connectivity index (χ1) is 15.0. The van der Waals surface area contributed by atoms with E-state index in [1.54, 1.807) is 42.2 Å². The maximum atomic E-state index is 13.3. The van der Waals surface area contributed by atoms with Gasteiger partial charge in [0, 0.05) is 61.4 Å². The molecule has 32 heavy (non-hydrogen) atoms. The van der Waals surface area contributed by atoms with Crippen molar-refractivity contribution < 1.29 is 17.2 Å². The maximum absolute atomic E-state index is 13.3. The summed E-state index contributed by atoms with van der Waals surface area (Å²) in [7, 11) is -1.78. The van der Waals surface area contributed by atoms with Crippen LogP contribution in [0.2, 0.25) is 0 Å². The zero-order valence-electron chi connectivity index (χ0n) is 17.5. The minimum atomic E-state index is -3.55. The lowest BCUT2D eigenvalue weighted by atomic mass is 9.81. The number of hydrogen-bond acceptors (Lipinski definition) is 3. The number of pyridine rings is 1. The Bertz CT molecular complexity index is 1520. The van der Waals surface area contributed by atoms with E-state index in [0.29, 0.717) is 23.1 Å². The van der Waals surface area contributed by atoms with Crippen molar-refractivity contribution in [2.75, 3.05) is 11.0 Å². The van der Waals surface area contributed by atoms with Crippen LogP contribution in [-0.4, -0.2) is 34.7 Å². The Hall–Kier alpha value is -3.14. The van der Waals surface area contributed by atoms with Gasteiger partial charge in [-0.3, -0.25) is 9.52 Å². The van der Waals surface area contributed by atoms with Crippen molar-refractivity contribution >= 4 is 37.5 Å². The van der Waals surface area contributed by atoms with Crippen LogP contribution in [0.5, 0.6) is 0 Å². The van der Waals surface area contributed by atoms with Gasteiger partial charge in [-0.25, -0.2) is 17.2 Å². The number of aryl methyl sites for hydroxylation is 1. The Balaban J connectivity index is 1.69. The van der Waals surface area contributed by atoms with Gasteiger partial charge in [0.1, 0.15) is 5.52 Å². The van der Waals surface area contributed by atoms with E-state index in [9.17, 15) is 22.0 Å². The van der Waals surface area contributed by atoms with Crippen LogP contribution in [0.25, 0.3) is 32.9 Å². The summed E-state index contributed by atoms with van der Waals surface area (Å²) in [5.41, 5.74) is 2.92. The number of halogens is 2. The molecular weight excluding hydrogens is 438 g/mol. The fourth-order valence-electron chi connectivity index (χ4n) is 4.68. The number of fused-ring (bicyclic) bond motifs is 2. The number of rotatable bonds is 5. The van der Waals surface area contributed by atoms with Gasteiger partial charge in [0.2, 0.25) is 15.9 Å². The summed E-state index contributed by atoms with van der Waals surface area (Å²) in [6, 6.07) is 7.24. The number of alkyl halides is 2. The van der Waals surface area contributed by atoms with Crippen LogP contribution in [0.3, 0.4) is 0 Å². The molecule has 1 aliphatic rings. The lowest BCUT2D eigenvalue weighted by Crippen LogP contribution is -2.37. The number of nitrogens with zero attached hydrogens (tertiary/aromatic N) is 2. The van der Waals surface area contributed by atoms with Crippen LogP contribution in [0.4, 0.5) is 14.5 Å². The van der Waals surface area contributed by atoms with Crippen molar-refractivity contribution in [3.05, 3.63) is 53.2 Å². The second-order valence-corrected chi connectivity index (χ2v) is 10.4. The van der Waals surface area contributed by atoms with Gasteiger partial charge >= 0.3 is 0 Å². The second-order valence-electron chi connectivity index (χ2n) is 8.65. The molecule has 10 heteroatoms. The summed E-state index contributed by atoms with van der Waals surface area (Å²) in [6.45, 7) is 0.427. The zero-order chi connectivity index (χ0) is 22.8. The molecule has 0 saturated heterocycles. The highest BCUT2D eigenvalue weighted by Crippen LogP contribution is 2.44. The standard InChI is InChI=1S/C22H22F2N4O3S/c1-27-12-17(15-3-5-25-21(29)20(15)27)14-7-18(26-32(2,30)31)16-4-6-28(19(16)8-14)11-13-9-22(23,24)10-13/h3-8,12-13,26H,9-11H2,1-2H3,(H,25,29). The Labute approximate surface area is 182 Å². The molecular formula is C22H22F2N4O3S. The third-order valence-corrected chi connectivity index (χ3v) is 6.62. The molecule has 0 radical (unpaired) electrons. The lowest BCUT2D eigenvalue weighted by molar-refractivity contribution is -0.113. The summed E-state index contributed by atoms with van der Waals surface area (Å²) in [5, 5.41) is 1.42. The molecule has 0 bridgehead atoms. The van der Waals surface area contributed by atoms with Crippen LogP contribution >= 0.6 is 0 Å². The molecule has 0 atom stereocenters. The number of hydrogen-bond donors (Lipinski definition) is 2. The van der Waals surface area contributed by atoms with Gasteiger partial charge in [0.05, 0.1) is 17.5 Å². The predicted octanol–water partition coefficient (Wildman–Crippen LogP) is 3.91. The van der Waals surface area contributed by atoms with E-state index in [4.69, 9.17) is 0 Å². The number of aromatic amines is 1. The van der Waals surface area contributed by atoms with Crippen LogP contribution < -0.4 is 10.3 Å². The van der Waals surface area contributed by atoms with Gasteiger partial charge in [0.15, 0.2) is 0 Å². The van der Waals surface area contributed by atoms with Crippen molar-refractivity contribution in [1.82, 2.24) is 14.1 Å². The normalized spacial score (nSPS) is 16.5. The first-order valence-corrected chi connectivity index (χ1v) is 12.1. The third-order valence-electron chi connectivity index (χ3n) is 6.02. The van der Waals surface area contributed by atoms with Crippen LogP contribution in [0, 0.1) is 5.92 Å². The average molecular weight is 461 g/mol. The maximum Gasteiger partial charge on any atom is 0.272 e. The third kappa shape index (κ3) is 3.58. The van der Waals surface area contributed by atoms with Gasteiger partial charge in [-0.2, -0.15) is 0 Å². The van der Waals surface area contributed by atoms with Crippen molar-refractivity contribution in [1.29, 1.82) is 0 Å². The van der Waals surface area contributed by atoms with Crippen LogP contribution in [-0.2, 0) is 23.6 Å². The quantitative estimate of drug-likeness (QED) is 0.473. The fraction of sp³-hybridized carbons (Fsp3) is 0.318. The van der Waals surface area contributed by atoms with Crippen LogP contribution in [0.1, 0.15) is 12.8 Å². The Kier molecular flexibility index (Phi) is 4.49. The van der Waals surface area contributed by atoms with Gasteiger partial charge in [-0.15, -0.1) is 0 Å². The number of nitrogens with one attached hydrogen (secondary N) is 2. The van der Waals surface area contributed by atoms with Gasteiger partial charge in [0.25, 0.3) is 5.56 Å². The summed E-state index contributed by atoms with van der Waals surface area (Å²) >= 11 is 0. The molecule has 0 aliphatic heterocycles. The minimum Gasteiger partial charge on any atom is -0.347 e. The molecule has 0 unspecified atom stereocenters. The monoisotopic (exact) mass is 460 g/mol. The minimum absolute atomic E-state index is 0.133. The molecule has 3 aromatic heterocycles. The summed E-state index contributed by atoms with van der Waals surface area (Å²) in [4.78, 5) is 15.0. The van der Waals surface area contributed by atoms with Crippen molar-refractivity contribution in [3.63, 3.8) is 0 Å². The average Bonchev–Trinajstić information content (AvgIpc) is 3.21. The largest absolute Gasteiger partial charge is 0.347 e. The van der Waals surface area contributed by atoms with E-state index in [-0.39, 0.29) is 24.3 Å². The molecule has 5 rings (SSSR count). The van der Waals surface area contributed by atoms with E-state index < -0.39 is 15.9 Å². The molecule has 168 valence electrons. The number of anilines is 1. The van der Waals surface area contributed by atoms with E-state index in [1.807, 2.05) is 16.8 Å². The molecule has 1 saturated carbocycles. The smallest absolute Gasteiger partial charge is 0.272 e. The van der Waals surface area contributed by atoms with Crippen molar-refractivity contribution in [2.24, 2.45) is 13.0 Å². The molecule has 7 nitrogen and oxygen atoms in total. The molecule has 1 aromatic carbocycles. The fourth-order valence-corrected chi connectivity index (χ4v) is 5.25. The van der Waals surface area contributed by atoms with E-state index >= 15 is 0 Å². The summed E-state index contributed by atoms with van der Waals surface area (Å²) < 4.78 is 56.9.